The first-order chi connectivity index (χ1) is 8.89. The van der Waals surface area contributed by atoms with E-state index < -0.39 is 6.10 Å². The van der Waals surface area contributed by atoms with Gasteiger partial charge in [-0.05, 0) is 23.2 Å². The molecule has 0 aromatic carbocycles. The highest BCUT2D eigenvalue weighted by Gasteiger charge is 2.26. The molecule has 102 valence electrons. The molecule has 2 heterocycles. The first kappa shape index (κ1) is 14.4. The first-order valence-corrected chi connectivity index (χ1v) is 7.14. The zero-order valence-corrected chi connectivity index (χ0v) is 12.7. The van der Waals surface area contributed by atoms with Gasteiger partial charge in [0.1, 0.15) is 0 Å². The lowest BCUT2D eigenvalue weighted by molar-refractivity contribution is 0.179. The monoisotopic (exact) mass is 297 g/mol. The van der Waals surface area contributed by atoms with E-state index in [-0.39, 0.29) is 5.41 Å². The van der Waals surface area contributed by atoms with Crippen LogP contribution in [0.1, 0.15) is 43.0 Å². The summed E-state index contributed by atoms with van der Waals surface area (Å²) in [5.74, 6) is 0. The molecule has 1 N–H and O–H groups in total. The molecule has 1 atom stereocenters. The average Bonchev–Trinajstić information content (AvgIpc) is 2.81. The predicted octanol–water partition coefficient (Wildman–Crippen LogP) is 3.16. The van der Waals surface area contributed by atoms with Gasteiger partial charge < -0.3 is 5.11 Å². The third-order valence-electron chi connectivity index (χ3n) is 2.80. The molecule has 2 rings (SSSR count). The van der Waals surface area contributed by atoms with E-state index in [1.807, 2.05) is 6.07 Å². The highest BCUT2D eigenvalue weighted by atomic mass is 35.5. The van der Waals surface area contributed by atoms with E-state index >= 15 is 0 Å². The predicted molar refractivity (Wildman–Crippen MR) is 76.5 cm³/mol. The van der Waals surface area contributed by atoms with Gasteiger partial charge in [0.05, 0.1) is 21.7 Å². The van der Waals surface area contributed by atoms with Crippen molar-refractivity contribution in [3.63, 3.8) is 0 Å². The Morgan fingerprint density at radius 3 is 2.79 bits per heavy atom. The van der Waals surface area contributed by atoms with Crippen LogP contribution >= 0.6 is 23.1 Å². The summed E-state index contributed by atoms with van der Waals surface area (Å²) < 4.78 is 3.96. The zero-order valence-electron chi connectivity index (χ0n) is 11.1. The molecule has 0 saturated carbocycles. The molecule has 0 spiro atoms. The van der Waals surface area contributed by atoms with Crippen molar-refractivity contribution in [2.24, 2.45) is 0 Å². The molecule has 1 unspecified atom stereocenters. The molecule has 2 aromatic heterocycles. The lowest BCUT2D eigenvalue weighted by Gasteiger charge is -2.19. The molecule has 19 heavy (non-hydrogen) atoms. The van der Waals surface area contributed by atoms with Gasteiger partial charge >= 0.3 is 0 Å². The minimum Gasteiger partial charge on any atom is -0.387 e. The Bertz CT molecular complexity index is 565. The Hall–Kier alpha value is -1.04. The van der Waals surface area contributed by atoms with Gasteiger partial charge in [0.15, 0.2) is 0 Å². The van der Waals surface area contributed by atoms with Crippen LogP contribution < -0.4 is 0 Å². The molecule has 6 heteroatoms. The Morgan fingerprint density at radius 2 is 2.16 bits per heavy atom. The zero-order chi connectivity index (χ0) is 14.0. The highest BCUT2D eigenvalue weighted by molar-refractivity contribution is 7.05. The van der Waals surface area contributed by atoms with Crippen molar-refractivity contribution >= 4 is 23.1 Å². The lowest BCUT2D eigenvalue weighted by Crippen LogP contribution is -2.16. The number of halogens is 1. The summed E-state index contributed by atoms with van der Waals surface area (Å²) in [4.78, 5) is 4.74. The van der Waals surface area contributed by atoms with Crippen molar-refractivity contribution in [1.82, 2.24) is 14.6 Å². The van der Waals surface area contributed by atoms with Gasteiger partial charge in [-0.3, -0.25) is 4.98 Å². The molecule has 0 amide bonds. The molecule has 0 fully saturated rings. The van der Waals surface area contributed by atoms with E-state index in [0.29, 0.717) is 11.4 Å². The van der Waals surface area contributed by atoms with Crippen LogP contribution in [0, 0.1) is 0 Å². The van der Waals surface area contributed by atoms with Crippen LogP contribution in [0.2, 0.25) is 5.02 Å². The Kier molecular flexibility index (Phi) is 4.18. The number of rotatable bonds is 3. The number of hydrogen-bond donors (Lipinski definition) is 1. The number of pyridine rings is 1. The van der Waals surface area contributed by atoms with E-state index in [4.69, 9.17) is 11.6 Å². The van der Waals surface area contributed by atoms with Crippen molar-refractivity contribution in [3.8, 4) is 0 Å². The number of aliphatic hydroxyl groups is 1. The van der Waals surface area contributed by atoms with E-state index in [0.717, 1.165) is 16.1 Å². The van der Waals surface area contributed by atoms with Crippen LogP contribution in [-0.4, -0.2) is 19.7 Å². The summed E-state index contributed by atoms with van der Waals surface area (Å²) in [7, 11) is 0. The van der Waals surface area contributed by atoms with Crippen LogP contribution in [0.15, 0.2) is 18.5 Å². The van der Waals surface area contributed by atoms with Gasteiger partial charge in [-0.1, -0.05) is 36.9 Å². The number of hydrogen-bond acceptors (Lipinski definition) is 5. The van der Waals surface area contributed by atoms with E-state index in [9.17, 15) is 5.11 Å². The maximum absolute atomic E-state index is 10.4. The standard InChI is InChI=1S/C13H16ClN3OS/c1-13(2,3)12-11(19-17-16-12)10(18)6-8-4-5-15-7-9(8)14/h4-5,7,10,18H,6H2,1-3H3. The Labute approximate surface area is 121 Å². The van der Waals surface area contributed by atoms with Crippen LogP contribution in [0.5, 0.6) is 0 Å². The molecule has 0 saturated heterocycles. The molecular formula is C13H16ClN3OS. The van der Waals surface area contributed by atoms with E-state index in [1.54, 1.807) is 12.4 Å². The van der Waals surface area contributed by atoms with Gasteiger partial charge in [0.25, 0.3) is 0 Å². The normalized spacial score (nSPS) is 13.5. The Balaban J connectivity index is 2.24. The molecular weight excluding hydrogens is 282 g/mol. The van der Waals surface area contributed by atoms with E-state index in [2.05, 4.69) is 35.3 Å². The highest BCUT2D eigenvalue weighted by Crippen LogP contribution is 2.32. The summed E-state index contributed by atoms with van der Waals surface area (Å²) in [6.07, 6.45) is 3.05. The van der Waals surface area contributed by atoms with Crippen molar-refractivity contribution in [2.75, 3.05) is 0 Å². The topological polar surface area (TPSA) is 58.9 Å². The second kappa shape index (κ2) is 5.53. The molecule has 0 aliphatic heterocycles. The molecule has 4 nitrogen and oxygen atoms in total. The van der Waals surface area contributed by atoms with E-state index in [1.165, 1.54) is 11.5 Å². The third-order valence-corrected chi connectivity index (χ3v) is 3.96. The summed E-state index contributed by atoms with van der Waals surface area (Å²) >= 11 is 7.30. The number of aliphatic hydroxyl groups excluding tert-OH is 1. The van der Waals surface area contributed by atoms with Crippen molar-refractivity contribution < 1.29 is 5.11 Å². The van der Waals surface area contributed by atoms with Crippen molar-refractivity contribution in [2.45, 2.75) is 38.7 Å². The fourth-order valence-electron chi connectivity index (χ4n) is 1.81. The molecule has 0 aliphatic rings. The van der Waals surface area contributed by atoms with Crippen LogP contribution in [0.4, 0.5) is 0 Å². The fourth-order valence-corrected chi connectivity index (χ4v) is 2.85. The maximum Gasteiger partial charge on any atom is 0.0958 e. The fraction of sp³-hybridized carbons (Fsp3) is 0.462. The average molecular weight is 298 g/mol. The lowest BCUT2D eigenvalue weighted by atomic mass is 9.89. The SMILES string of the molecule is CC(C)(C)c1nnsc1C(O)Cc1ccncc1Cl. The minimum atomic E-state index is -0.644. The molecule has 0 radical (unpaired) electrons. The number of nitrogens with zero attached hydrogens (tertiary/aromatic N) is 3. The maximum atomic E-state index is 10.4. The van der Waals surface area contributed by atoms with Gasteiger partial charge in [-0.25, -0.2) is 0 Å². The summed E-state index contributed by atoms with van der Waals surface area (Å²) in [5, 5.41) is 15.1. The molecule has 0 aliphatic carbocycles. The van der Waals surface area contributed by atoms with Gasteiger partial charge in [0.2, 0.25) is 0 Å². The second-order valence-electron chi connectivity index (χ2n) is 5.42. The number of aromatic nitrogens is 3. The minimum absolute atomic E-state index is 0.134. The van der Waals surface area contributed by atoms with Crippen molar-refractivity contribution in [1.29, 1.82) is 0 Å². The first-order valence-electron chi connectivity index (χ1n) is 5.99. The summed E-state index contributed by atoms with van der Waals surface area (Å²) in [5.41, 5.74) is 1.58. The second-order valence-corrected chi connectivity index (χ2v) is 6.62. The van der Waals surface area contributed by atoms with Gasteiger partial charge in [-0.2, -0.15) is 0 Å². The van der Waals surface area contributed by atoms with Crippen LogP contribution in [0.25, 0.3) is 0 Å². The third kappa shape index (κ3) is 3.29. The van der Waals surface area contributed by atoms with Crippen LogP contribution in [0.3, 0.4) is 0 Å². The van der Waals surface area contributed by atoms with Crippen molar-refractivity contribution in [3.05, 3.63) is 39.6 Å². The summed E-state index contributed by atoms with van der Waals surface area (Å²) in [6, 6.07) is 1.82. The molecule has 2 aromatic rings. The smallest absolute Gasteiger partial charge is 0.0958 e. The van der Waals surface area contributed by atoms with Crippen LogP contribution in [-0.2, 0) is 11.8 Å². The van der Waals surface area contributed by atoms with Gasteiger partial charge in [0, 0.05) is 24.2 Å². The Morgan fingerprint density at radius 1 is 1.42 bits per heavy atom. The molecule has 0 bridgehead atoms. The largest absolute Gasteiger partial charge is 0.387 e. The summed E-state index contributed by atoms with van der Waals surface area (Å²) in [6.45, 7) is 6.16. The quantitative estimate of drug-likeness (QED) is 0.945. The van der Waals surface area contributed by atoms with Gasteiger partial charge in [-0.15, -0.1) is 5.10 Å².